The SMILES string of the molecule is Cc1ccc(C=CC(=O)Nc2cnc3c(cnn3C(C)C)c2)o1. The van der Waals surface area contributed by atoms with Crippen molar-refractivity contribution in [2.75, 3.05) is 5.32 Å². The third-order valence-electron chi connectivity index (χ3n) is 3.35. The van der Waals surface area contributed by atoms with E-state index in [0.717, 1.165) is 16.8 Å². The first-order valence-electron chi connectivity index (χ1n) is 7.41. The predicted octanol–water partition coefficient (Wildman–Crippen LogP) is 3.57. The Hall–Kier alpha value is -2.89. The lowest BCUT2D eigenvalue weighted by molar-refractivity contribution is -0.111. The predicted molar refractivity (Wildman–Crippen MR) is 89.0 cm³/mol. The molecule has 1 N–H and O–H groups in total. The fourth-order valence-corrected chi connectivity index (χ4v) is 2.27. The molecule has 0 aliphatic carbocycles. The van der Waals surface area contributed by atoms with Gasteiger partial charge in [0.2, 0.25) is 5.91 Å². The van der Waals surface area contributed by atoms with Gasteiger partial charge in [0.05, 0.1) is 18.1 Å². The van der Waals surface area contributed by atoms with Gasteiger partial charge in [-0.3, -0.25) is 4.79 Å². The van der Waals surface area contributed by atoms with Crippen LogP contribution in [-0.4, -0.2) is 20.7 Å². The molecule has 0 saturated carbocycles. The van der Waals surface area contributed by atoms with Gasteiger partial charge in [-0.25, -0.2) is 9.67 Å². The van der Waals surface area contributed by atoms with Gasteiger partial charge >= 0.3 is 0 Å². The van der Waals surface area contributed by atoms with Crippen LogP contribution >= 0.6 is 0 Å². The van der Waals surface area contributed by atoms with Gasteiger partial charge in [-0.2, -0.15) is 5.10 Å². The number of carbonyl (C=O) groups is 1. The van der Waals surface area contributed by atoms with Crippen LogP contribution in [-0.2, 0) is 4.79 Å². The molecule has 0 unspecified atom stereocenters. The van der Waals surface area contributed by atoms with E-state index in [0.29, 0.717) is 11.4 Å². The Morgan fingerprint density at radius 1 is 1.35 bits per heavy atom. The van der Waals surface area contributed by atoms with Crippen LogP contribution in [0.25, 0.3) is 17.1 Å². The molecule has 0 aliphatic heterocycles. The highest BCUT2D eigenvalue weighted by molar-refractivity contribution is 6.02. The number of rotatable bonds is 4. The van der Waals surface area contributed by atoms with Gasteiger partial charge < -0.3 is 9.73 Å². The third kappa shape index (κ3) is 3.31. The fraction of sp³-hybridized carbons (Fsp3) is 0.235. The van der Waals surface area contributed by atoms with E-state index in [1.807, 2.05) is 43.7 Å². The van der Waals surface area contributed by atoms with E-state index in [1.54, 1.807) is 18.5 Å². The summed E-state index contributed by atoms with van der Waals surface area (Å²) in [6.07, 6.45) is 6.44. The second-order valence-electron chi connectivity index (χ2n) is 5.59. The Bertz CT molecular complexity index is 874. The molecule has 118 valence electrons. The summed E-state index contributed by atoms with van der Waals surface area (Å²) < 4.78 is 7.22. The van der Waals surface area contributed by atoms with Crippen LogP contribution in [0.1, 0.15) is 31.4 Å². The topological polar surface area (TPSA) is 73.0 Å². The van der Waals surface area contributed by atoms with Crippen LogP contribution in [0.3, 0.4) is 0 Å². The molecule has 3 aromatic heterocycles. The van der Waals surface area contributed by atoms with E-state index in [-0.39, 0.29) is 11.9 Å². The highest BCUT2D eigenvalue weighted by Crippen LogP contribution is 2.19. The number of aryl methyl sites for hydroxylation is 1. The molecule has 3 aromatic rings. The molecule has 0 aromatic carbocycles. The summed E-state index contributed by atoms with van der Waals surface area (Å²) >= 11 is 0. The number of furan rings is 1. The Labute approximate surface area is 133 Å². The number of carbonyl (C=O) groups excluding carboxylic acids is 1. The Morgan fingerprint density at radius 2 is 2.17 bits per heavy atom. The van der Waals surface area contributed by atoms with Crippen LogP contribution in [0.2, 0.25) is 0 Å². The van der Waals surface area contributed by atoms with Crippen molar-refractivity contribution in [3.8, 4) is 0 Å². The third-order valence-corrected chi connectivity index (χ3v) is 3.35. The molecule has 6 heteroatoms. The van der Waals surface area contributed by atoms with Crippen molar-refractivity contribution in [3.05, 3.63) is 48.2 Å². The van der Waals surface area contributed by atoms with Gasteiger partial charge in [-0.15, -0.1) is 0 Å². The molecule has 1 amide bonds. The van der Waals surface area contributed by atoms with E-state index in [2.05, 4.69) is 15.4 Å². The minimum atomic E-state index is -0.239. The van der Waals surface area contributed by atoms with Crippen molar-refractivity contribution >= 4 is 28.7 Å². The first-order chi connectivity index (χ1) is 11.0. The summed E-state index contributed by atoms with van der Waals surface area (Å²) in [6, 6.07) is 5.76. The van der Waals surface area contributed by atoms with Gasteiger partial charge in [0.25, 0.3) is 0 Å². The van der Waals surface area contributed by atoms with Crippen molar-refractivity contribution in [1.82, 2.24) is 14.8 Å². The number of amides is 1. The molecule has 0 atom stereocenters. The largest absolute Gasteiger partial charge is 0.462 e. The van der Waals surface area contributed by atoms with E-state index in [1.165, 1.54) is 6.08 Å². The number of anilines is 1. The monoisotopic (exact) mass is 310 g/mol. The van der Waals surface area contributed by atoms with Crippen LogP contribution in [0.5, 0.6) is 0 Å². The van der Waals surface area contributed by atoms with Gasteiger partial charge in [-0.05, 0) is 45.0 Å². The number of nitrogens with zero attached hydrogens (tertiary/aromatic N) is 3. The maximum absolute atomic E-state index is 12.0. The molecular weight excluding hydrogens is 292 g/mol. The standard InChI is InChI=1S/C17H18N4O2/c1-11(2)21-17-13(9-19-21)8-14(10-18-17)20-16(22)7-6-15-5-4-12(3)23-15/h4-11H,1-3H3,(H,20,22). The van der Waals surface area contributed by atoms with Crippen LogP contribution < -0.4 is 5.32 Å². The number of pyridine rings is 1. The maximum atomic E-state index is 12.0. The lowest BCUT2D eigenvalue weighted by Crippen LogP contribution is -2.08. The zero-order valence-electron chi connectivity index (χ0n) is 13.3. The van der Waals surface area contributed by atoms with Gasteiger partial charge in [0.15, 0.2) is 5.65 Å². The van der Waals surface area contributed by atoms with Crippen molar-refractivity contribution < 1.29 is 9.21 Å². The number of nitrogens with one attached hydrogen (secondary N) is 1. The highest BCUT2D eigenvalue weighted by Gasteiger charge is 2.08. The summed E-state index contributed by atoms with van der Waals surface area (Å²) in [5.41, 5.74) is 1.44. The molecular formula is C17H18N4O2. The lowest BCUT2D eigenvalue weighted by Gasteiger charge is -2.06. The summed E-state index contributed by atoms with van der Waals surface area (Å²) in [7, 11) is 0. The first-order valence-corrected chi connectivity index (χ1v) is 7.41. The Balaban J connectivity index is 1.73. The molecule has 0 aliphatic rings. The molecule has 23 heavy (non-hydrogen) atoms. The molecule has 0 radical (unpaired) electrons. The van der Waals surface area contributed by atoms with Crippen molar-refractivity contribution in [3.63, 3.8) is 0 Å². The molecule has 6 nitrogen and oxygen atoms in total. The number of fused-ring (bicyclic) bond motifs is 1. The summed E-state index contributed by atoms with van der Waals surface area (Å²) in [5.74, 6) is 1.21. The van der Waals surface area contributed by atoms with Gasteiger partial charge in [0.1, 0.15) is 11.5 Å². The molecule has 3 heterocycles. The number of hydrogen-bond donors (Lipinski definition) is 1. The zero-order chi connectivity index (χ0) is 16.4. The smallest absolute Gasteiger partial charge is 0.248 e. The average molecular weight is 310 g/mol. The van der Waals surface area contributed by atoms with Gasteiger partial charge in [-0.1, -0.05) is 0 Å². The van der Waals surface area contributed by atoms with Crippen LogP contribution in [0.15, 0.2) is 41.1 Å². The average Bonchev–Trinajstić information content (AvgIpc) is 3.10. The van der Waals surface area contributed by atoms with E-state index in [9.17, 15) is 4.79 Å². The van der Waals surface area contributed by atoms with Gasteiger partial charge in [0, 0.05) is 17.5 Å². The normalized spacial score (nSPS) is 11.7. The summed E-state index contributed by atoms with van der Waals surface area (Å²) in [4.78, 5) is 16.3. The maximum Gasteiger partial charge on any atom is 0.248 e. The number of hydrogen-bond acceptors (Lipinski definition) is 4. The first kappa shape index (κ1) is 15.0. The summed E-state index contributed by atoms with van der Waals surface area (Å²) in [6.45, 7) is 5.95. The molecule has 3 rings (SSSR count). The van der Waals surface area contributed by atoms with Crippen molar-refractivity contribution in [1.29, 1.82) is 0 Å². The fourth-order valence-electron chi connectivity index (χ4n) is 2.27. The van der Waals surface area contributed by atoms with Crippen LogP contribution in [0, 0.1) is 6.92 Å². The van der Waals surface area contributed by atoms with E-state index >= 15 is 0 Å². The highest BCUT2D eigenvalue weighted by atomic mass is 16.3. The van der Waals surface area contributed by atoms with Crippen LogP contribution in [0.4, 0.5) is 5.69 Å². The Morgan fingerprint density at radius 3 is 2.87 bits per heavy atom. The summed E-state index contributed by atoms with van der Waals surface area (Å²) in [5, 5.41) is 7.98. The minimum absolute atomic E-state index is 0.236. The molecule has 0 saturated heterocycles. The second-order valence-corrected chi connectivity index (χ2v) is 5.59. The molecule has 0 spiro atoms. The Kier molecular flexibility index (Phi) is 3.97. The second kappa shape index (κ2) is 6.08. The minimum Gasteiger partial charge on any atom is -0.462 e. The number of aromatic nitrogens is 3. The molecule has 0 fully saturated rings. The zero-order valence-corrected chi connectivity index (χ0v) is 13.3. The molecule has 0 bridgehead atoms. The van der Waals surface area contributed by atoms with Crippen molar-refractivity contribution in [2.45, 2.75) is 26.8 Å². The quantitative estimate of drug-likeness (QED) is 0.748. The van der Waals surface area contributed by atoms with Crippen molar-refractivity contribution in [2.24, 2.45) is 0 Å². The van der Waals surface area contributed by atoms with E-state index in [4.69, 9.17) is 4.42 Å². The lowest BCUT2D eigenvalue weighted by atomic mass is 10.3. The van der Waals surface area contributed by atoms with E-state index < -0.39 is 0 Å².